The number of aliphatic hydroxyl groups is 1. The number of aryl methyl sites for hydroxylation is 2. The lowest BCUT2D eigenvalue weighted by Gasteiger charge is -2.21. The molecule has 1 aliphatic heterocycles. The first kappa shape index (κ1) is 43.9. The summed E-state index contributed by atoms with van der Waals surface area (Å²) in [6, 6.07) is 17.2. The lowest BCUT2D eigenvalue weighted by Crippen LogP contribution is -2.26. The molecule has 2 aromatic heterocycles. The molecule has 0 radical (unpaired) electrons. The Bertz CT molecular complexity index is 1760. The summed E-state index contributed by atoms with van der Waals surface area (Å²) in [6.07, 6.45) is 5.90. The van der Waals surface area contributed by atoms with E-state index in [2.05, 4.69) is 81.2 Å². The third kappa shape index (κ3) is 13.0. The number of hydrogen-bond donors (Lipinski definition) is 2. The molecule has 9 heteroatoms. The number of thiazole rings is 1. The average molecular weight is 737 g/mol. The second-order valence-electron chi connectivity index (χ2n) is 13.3. The standard InChI is InChI=1S/C29H29ClN4S.C4H10O.C4H10.C3H6O2.C2H6/c1-4-22-17(2)15-24-28(26(22)18-5-8-21(30)9-6-18)35-29(32-24)20-7-10-25-23(16-20)27(33-34(25)3)19-11-13-31-14-12-19;1-4(2,3)5;1-3-4-2;1-2-5-3-4;1-2/h5-10,15-16,19,31H,4,11-14H2,1-3H3;5H,1-3H3;3-4H2,1-2H3;3H,2H2,1H3;1-2H3. The van der Waals surface area contributed by atoms with Gasteiger partial charge in [-0.15, -0.1) is 11.3 Å². The molecule has 0 bridgehead atoms. The Morgan fingerprint density at radius 2 is 1.59 bits per heavy atom. The molecular weight excluding hydrogens is 676 g/mol. The van der Waals surface area contributed by atoms with Crippen LogP contribution in [0.3, 0.4) is 0 Å². The smallest absolute Gasteiger partial charge is 0.293 e. The number of carbonyl (C=O) groups is 1. The number of rotatable bonds is 7. The first-order chi connectivity index (χ1) is 24.4. The Balaban J connectivity index is 0.000000478. The molecule has 3 aromatic carbocycles. The quantitative estimate of drug-likeness (QED) is 0.162. The van der Waals surface area contributed by atoms with Crippen LogP contribution < -0.4 is 5.32 Å². The second-order valence-corrected chi connectivity index (χ2v) is 14.7. The summed E-state index contributed by atoms with van der Waals surface area (Å²) < 4.78 is 7.43. The Morgan fingerprint density at radius 1 is 1.00 bits per heavy atom. The molecule has 0 saturated carbocycles. The van der Waals surface area contributed by atoms with Crippen LogP contribution in [-0.4, -0.2) is 51.6 Å². The van der Waals surface area contributed by atoms with Crippen LogP contribution in [0.25, 0.3) is 42.8 Å². The molecule has 0 atom stereocenters. The Kier molecular flexibility index (Phi) is 18.9. The van der Waals surface area contributed by atoms with E-state index < -0.39 is 5.60 Å². The van der Waals surface area contributed by atoms with Crippen molar-refractivity contribution in [2.75, 3.05) is 19.7 Å². The van der Waals surface area contributed by atoms with Crippen LogP contribution in [-0.2, 0) is 23.0 Å². The van der Waals surface area contributed by atoms with Crippen molar-refractivity contribution in [1.29, 1.82) is 0 Å². The third-order valence-corrected chi connectivity index (χ3v) is 9.47. The zero-order valence-electron chi connectivity index (χ0n) is 32.8. The molecule has 2 N–H and O–H groups in total. The van der Waals surface area contributed by atoms with E-state index in [1.165, 1.54) is 62.0 Å². The monoisotopic (exact) mass is 736 g/mol. The van der Waals surface area contributed by atoms with E-state index >= 15 is 0 Å². The molecular formula is C42H61ClN4O3S. The van der Waals surface area contributed by atoms with Crippen molar-refractivity contribution in [3.8, 4) is 21.7 Å². The van der Waals surface area contributed by atoms with Gasteiger partial charge in [-0.25, -0.2) is 4.98 Å². The minimum atomic E-state index is -0.500. The van der Waals surface area contributed by atoms with Crippen LogP contribution in [0.5, 0.6) is 0 Å². The highest BCUT2D eigenvalue weighted by molar-refractivity contribution is 7.22. The van der Waals surface area contributed by atoms with Crippen molar-refractivity contribution >= 4 is 50.5 Å². The highest BCUT2D eigenvalue weighted by Crippen LogP contribution is 2.42. The molecule has 6 rings (SSSR count). The summed E-state index contributed by atoms with van der Waals surface area (Å²) in [4.78, 5) is 14.3. The maximum atomic E-state index is 9.18. The summed E-state index contributed by atoms with van der Waals surface area (Å²) in [5.41, 5.74) is 9.32. The third-order valence-electron chi connectivity index (χ3n) is 8.08. The summed E-state index contributed by atoms with van der Waals surface area (Å²) in [7, 11) is 2.05. The molecule has 1 saturated heterocycles. The van der Waals surface area contributed by atoms with E-state index in [0.717, 1.165) is 47.9 Å². The zero-order chi connectivity index (χ0) is 38.1. The van der Waals surface area contributed by atoms with Crippen LogP contribution in [0.15, 0.2) is 48.5 Å². The van der Waals surface area contributed by atoms with Gasteiger partial charge in [-0.3, -0.25) is 9.48 Å². The van der Waals surface area contributed by atoms with Gasteiger partial charge in [0.15, 0.2) is 0 Å². The molecule has 3 heterocycles. The van der Waals surface area contributed by atoms with Crippen molar-refractivity contribution in [3.05, 3.63) is 70.4 Å². The molecule has 7 nitrogen and oxygen atoms in total. The predicted octanol–water partition coefficient (Wildman–Crippen LogP) is 11.3. The van der Waals surface area contributed by atoms with Crippen molar-refractivity contribution in [2.45, 2.75) is 113 Å². The van der Waals surface area contributed by atoms with Gasteiger partial charge in [0, 0.05) is 34.5 Å². The second kappa shape index (κ2) is 21.9. The molecule has 0 amide bonds. The van der Waals surface area contributed by atoms with Gasteiger partial charge in [0.05, 0.1) is 33.6 Å². The van der Waals surface area contributed by atoms with Crippen molar-refractivity contribution in [3.63, 3.8) is 0 Å². The van der Waals surface area contributed by atoms with E-state index in [4.69, 9.17) is 26.8 Å². The van der Waals surface area contributed by atoms with Crippen LogP contribution in [0.4, 0.5) is 0 Å². The van der Waals surface area contributed by atoms with Gasteiger partial charge >= 0.3 is 0 Å². The number of piperidine rings is 1. The number of aromatic nitrogens is 3. The number of fused-ring (bicyclic) bond motifs is 2. The fraction of sp³-hybridized carbons (Fsp3) is 0.500. The normalized spacial score (nSPS) is 12.7. The molecule has 1 aliphatic rings. The first-order valence-corrected chi connectivity index (χ1v) is 19.7. The van der Waals surface area contributed by atoms with E-state index in [0.29, 0.717) is 19.0 Å². The van der Waals surface area contributed by atoms with E-state index in [9.17, 15) is 4.79 Å². The number of carbonyl (C=O) groups excluding carboxylic acids is 1. The number of nitrogens with one attached hydrogen (secondary N) is 1. The maximum absolute atomic E-state index is 9.18. The number of nitrogens with zero attached hydrogens (tertiary/aromatic N) is 3. The summed E-state index contributed by atoms with van der Waals surface area (Å²) in [5, 5.41) is 20.0. The van der Waals surface area contributed by atoms with Gasteiger partial charge < -0.3 is 15.2 Å². The van der Waals surface area contributed by atoms with Crippen LogP contribution in [0.2, 0.25) is 5.02 Å². The molecule has 0 unspecified atom stereocenters. The lowest BCUT2D eigenvalue weighted by atomic mass is 9.92. The minimum Gasteiger partial charge on any atom is -0.468 e. The highest BCUT2D eigenvalue weighted by Gasteiger charge is 2.23. The van der Waals surface area contributed by atoms with Gasteiger partial charge in [-0.05, 0) is 120 Å². The highest BCUT2D eigenvalue weighted by atomic mass is 35.5. The van der Waals surface area contributed by atoms with Gasteiger partial charge in [0.25, 0.3) is 6.47 Å². The minimum absolute atomic E-state index is 0.431. The lowest BCUT2D eigenvalue weighted by molar-refractivity contribution is -0.128. The SMILES string of the molecule is CC.CC(C)(C)O.CCCC.CCOC=O.CCc1c(C)cc2nc(-c3ccc4c(c3)c(C3CCNCC3)nn4C)sc2c1-c1ccc(Cl)cc1. The van der Waals surface area contributed by atoms with Crippen LogP contribution >= 0.6 is 22.9 Å². The number of benzene rings is 3. The summed E-state index contributed by atoms with van der Waals surface area (Å²) in [6.45, 7) is 22.8. The van der Waals surface area contributed by atoms with Crippen molar-refractivity contribution in [2.24, 2.45) is 7.05 Å². The van der Waals surface area contributed by atoms with E-state index in [1.807, 2.05) is 30.7 Å². The van der Waals surface area contributed by atoms with Gasteiger partial charge in [-0.1, -0.05) is 71.2 Å². The molecule has 1 fully saturated rings. The Hall–Kier alpha value is -3.30. The fourth-order valence-corrected chi connectivity index (χ4v) is 6.89. The van der Waals surface area contributed by atoms with Crippen LogP contribution in [0, 0.1) is 6.92 Å². The number of hydrogen-bond acceptors (Lipinski definition) is 7. The largest absolute Gasteiger partial charge is 0.468 e. The van der Waals surface area contributed by atoms with Gasteiger partial charge in [0.1, 0.15) is 5.01 Å². The predicted molar refractivity (Wildman–Crippen MR) is 220 cm³/mol. The van der Waals surface area contributed by atoms with Crippen molar-refractivity contribution in [1.82, 2.24) is 20.1 Å². The summed E-state index contributed by atoms with van der Waals surface area (Å²) >= 11 is 7.99. The van der Waals surface area contributed by atoms with E-state index in [1.54, 1.807) is 39.0 Å². The molecule has 280 valence electrons. The van der Waals surface area contributed by atoms with Gasteiger partial charge in [-0.2, -0.15) is 5.10 Å². The zero-order valence-corrected chi connectivity index (χ0v) is 34.4. The summed E-state index contributed by atoms with van der Waals surface area (Å²) in [5.74, 6) is 0.511. The fourth-order valence-electron chi connectivity index (χ4n) is 5.63. The Labute approximate surface area is 315 Å². The maximum Gasteiger partial charge on any atom is 0.293 e. The number of ether oxygens (including phenoxy) is 1. The number of halogens is 1. The first-order valence-electron chi connectivity index (χ1n) is 18.5. The van der Waals surface area contributed by atoms with Gasteiger partial charge in [0.2, 0.25) is 0 Å². The Morgan fingerprint density at radius 3 is 2.10 bits per heavy atom. The molecule has 51 heavy (non-hydrogen) atoms. The number of unbranched alkanes of at least 4 members (excludes halogenated alkanes) is 1. The molecule has 0 spiro atoms. The van der Waals surface area contributed by atoms with Crippen LogP contribution in [0.1, 0.15) is 111 Å². The van der Waals surface area contributed by atoms with E-state index in [-0.39, 0.29) is 0 Å². The topological polar surface area (TPSA) is 89.3 Å². The van der Waals surface area contributed by atoms with Crippen molar-refractivity contribution < 1.29 is 14.6 Å². The molecule has 5 aromatic rings. The molecule has 0 aliphatic carbocycles. The average Bonchev–Trinajstić information content (AvgIpc) is 3.69.